The molecule has 0 aliphatic carbocycles. The fourth-order valence-electron chi connectivity index (χ4n) is 3.19. The summed E-state index contributed by atoms with van der Waals surface area (Å²) in [6.07, 6.45) is 2.67. The van der Waals surface area contributed by atoms with Crippen LogP contribution in [-0.2, 0) is 13.6 Å². The number of aromatic nitrogens is 1. The van der Waals surface area contributed by atoms with Crippen LogP contribution in [0.2, 0.25) is 5.02 Å². The van der Waals surface area contributed by atoms with Gasteiger partial charge in [0.15, 0.2) is 11.5 Å². The number of para-hydroxylation sites is 1. The summed E-state index contributed by atoms with van der Waals surface area (Å²) in [6.45, 7) is 1.54. The van der Waals surface area contributed by atoms with Gasteiger partial charge in [-0.1, -0.05) is 29.8 Å². The molecule has 2 heterocycles. The minimum Gasteiger partial charge on any atom is -0.489 e. The number of fused-ring (bicyclic) bond motifs is 2. The molecule has 0 unspecified atom stereocenters. The molecular weight excluding hydrogens is 352 g/mol. The second-order valence-electron chi connectivity index (χ2n) is 6.31. The van der Waals surface area contributed by atoms with Gasteiger partial charge < -0.3 is 19.4 Å². The van der Waals surface area contributed by atoms with Crippen molar-refractivity contribution in [3.05, 3.63) is 58.7 Å². The summed E-state index contributed by atoms with van der Waals surface area (Å²) in [5.41, 5.74) is 2.55. The number of hydrogen-bond acceptors (Lipinski definition) is 3. The molecule has 6 heteroatoms. The molecule has 0 bridgehead atoms. The second-order valence-corrected chi connectivity index (χ2v) is 6.72. The van der Waals surface area contributed by atoms with Gasteiger partial charge in [0.1, 0.15) is 0 Å². The molecule has 1 N–H and O–H groups in total. The molecule has 0 spiro atoms. The number of hydrogen-bond donors (Lipinski definition) is 1. The Labute approximate surface area is 156 Å². The van der Waals surface area contributed by atoms with E-state index in [2.05, 4.69) is 5.32 Å². The molecule has 4 rings (SSSR count). The lowest BCUT2D eigenvalue weighted by atomic mass is 10.1. The molecule has 26 heavy (non-hydrogen) atoms. The quantitative estimate of drug-likeness (QED) is 0.760. The summed E-state index contributed by atoms with van der Waals surface area (Å²) in [4.78, 5) is 12.7. The number of carbonyl (C=O) groups excluding carboxylic acids is 1. The van der Waals surface area contributed by atoms with E-state index in [1.807, 2.05) is 48.1 Å². The van der Waals surface area contributed by atoms with E-state index in [0.717, 1.165) is 22.9 Å². The predicted molar refractivity (Wildman–Crippen MR) is 101 cm³/mol. The van der Waals surface area contributed by atoms with Gasteiger partial charge in [0.2, 0.25) is 0 Å². The average Bonchev–Trinajstić information content (AvgIpc) is 2.82. The number of benzene rings is 2. The molecule has 0 atom stereocenters. The van der Waals surface area contributed by atoms with E-state index in [1.165, 1.54) is 0 Å². The third-order valence-corrected chi connectivity index (χ3v) is 4.74. The first-order valence-electron chi connectivity index (χ1n) is 8.54. The van der Waals surface area contributed by atoms with Crippen molar-refractivity contribution < 1.29 is 14.3 Å². The van der Waals surface area contributed by atoms with E-state index >= 15 is 0 Å². The van der Waals surface area contributed by atoms with Crippen molar-refractivity contribution in [1.82, 2.24) is 9.88 Å². The molecule has 3 aromatic rings. The van der Waals surface area contributed by atoms with Crippen LogP contribution in [0.15, 0.2) is 42.6 Å². The zero-order valence-electron chi connectivity index (χ0n) is 14.4. The van der Waals surface area contributed by atoms with Gasteiger partial charge in [-0.3, -0.25) is 4.79 Å². The maximum atomic E-state index is 12.7. The van der Waals surface area contributed by atoms with Crippen molar-refractivity contribution in [1.29, 1.82) is 0 Å². The van der Waals surface area contributed by atoms with E-state index in [1.54, 1.807) is 6.07 Å². The molecular formula is C20H19ClN2O3. The molecule has 0 saturated carbocycles. The summed E-state index contributed by atoms with van der Waals surface area (Å²) in [5, 5.41) is 4.40. The van der Waals surface area contributed by atoms with Crippen LogP contribution in [0.4, 0.5) is 0 Å². The van der Waals surface area contributed by atoms with Gasteiger partial charge in [0, 0.05) is 37.1 Å². The third-order valence-electron chi connectivity index (χ3n) is 4.46. The van der Waals surface area contributed by atoms with Gasteiger partial charge >= 0.3 is 0 Å². The number of nitrogens with one attached hydrogen (secondary N) is 1. The Bertz CT molecular complexity index is 981. The van der Waals surface area contributed by atoms with Crippen LogP contribution in [0.5, 0.6) is 11.5 Å². The Kier molecular flexibility index (Phi) is 4.47. The molecule has 5 nitrogen and oxygen atoms in total. The summed E-state index contributed by atoms with van der Waals surface area (Å²) in [5.74, 6) is 1.09. The molecule has 0 saturated heterocycles. The highest BCUT2D eigenvalue weighted by molar-refractivity contribution is 6.32. The molecule has 1 aliphatic rings. The minimum atomic E-state index is -0.120. The number of halogens is 1. The third kappa shape index (κ3) is 3.10. The fourth-order valence-corrected chi connectivity index (χ4v) is 3.47. The first-order valence-corrected chi connectivity index (χ1v) is 8.91. The molecule has 1 aromatic heterocycles. The summed E-state index contributed by atoms with van der Waals surface area (Å²) < 4.78 is 13.3. The minimum absolute atomic E-state index is 0.120. The van der Waals surface area contributed by atoms with Crippen molar-refractivity contribution in [2.75, 3.05) is 13.2 Å². The van der Waals surface area contributed by atoms with Crippen LogP contribution in [0, 0.1) is 0 Å². The zero-order valence-corrected chi connectivity index (χ0v) is 15.2. The SMILES string of the molecule is Cn1cc(C(=O)NCc2cc(Cl)c3c(c2)OCCCO3)c2ccccc21. The lowest BCUT2D eigenvalue weighted by molar-refractivity contribution is 0.0952. The van der Waals surface area contributed by atoms with Crippen LogP contribution < -0.4 is 14.8 Å². The lowest BCUT2D eigenvalue weighted by Gasteiger charge is -2.12. The fraction of sp³-hybridized carbons (Fsp3) is 0.250. The van der Waals surface area contributed by atoms with Gasteiger partial charge in [0.25, 0.3) is 5.91 Å². The van der Waals surface area contributed by atoms with Crippen molar-refractivity contribution in [3.8, 4) is 11.5 Å². The van der Waals surface area contributed by atoms with Crippen LogP contribution in [0.25, 0.3) is 10.9 Å². The van der Waals surface area contributed by atoms with E-state index in [4.69, 9.17) is 21.1 Å². The Morgan fingerprint density at radius 1 is 1.23 bits per heavy atom. The van der Waals surface area contributed by atoms with E-state index in [9.17, 15) is 4.79 Å². The lowest BCUT2D eigenvalue weighted by Crippen LogP contribution is -2.22. The largest absolute Gasteiger partial charge is 0.489 e. The number of aryl methyl sites for hydroxylation is 1. The summed E-state index contributed by atoms with van der Waals surface area (Å²) in [6, 6.07) is 11.5. The highest BCUT2D eigenvalue weighted by Gasteiger charge is 2.17. The number of ether oxygens (including phenoxy) is 2. The number of amides is 1. The van der Waals surface area contributed by atoms with Crippen LogP contribution in [0.3, 0.4) is 0 Å². The second kappa shape index (κ2) is 6.92. The highest BCUT2D eigenvalue weighted by atomic mass is 35.5. The smallest absolute Gasteiger partial charge is 0.253 e. The maximum Gasteiger partial charge on any atom is 0.253 e. The van der Waals surface area contributed by atoms with Gasteiger partial charge in [-0.25, -0.2) is 0 Å². The zero-order chi connectivity index (χ0) is 18.1. The molecule has 1 aliphatic heterocycles. The van der Waals surface area contributed by atoms with E-state index in [-0.39, 0.29) is 5.91 Å². The van der Waals surface area contributed by atoms with Crippen molar-refractivity contribution in [2.24, 2.45) is 7.05 Å². The first kappa shape index (κ1) is 16.8. The topological polar surface area (TPSA) is 52.5 Å². The van der Waals surface area contributed by atoms with E-state index in [0.29, 0.717) is 41.8 Å². The summed E-state index contributed by atoms with van der Waals surface area (Å²) >= 11 is 6.31. The van der Waals surface area contributed by atoms with Gasteiger partial charge in [-0.15, -0.1) is 0 Å². The Morgan fingerprint density at radius 3 is 2.92 bits per heavy atom. The Balaban J connectivity index is 1.54. The highest BCUT2D eigenvalue weighted by Crippen LogP contribution is 2.38. The number of nitrogens with zero attached hydrogens (tertiary/aromatic N) is 1. The first-order chi connectivity index (χ1) is 12.6. The van der Waals surface area contributed by atoms with Crippen molar-refractivity contribution in [3.63, 3.8) is 0 Å². The maximum absolute atomic E-state index is 12.7. The monoisotopic (exact) mass is 370 g/mol. The molecule has 134 valence electrons. The Hall–Kier alpha value is -2.66. The predicted octanol–water partition coefficient (Wildman–Crippen LogP) is 3.92. The van der Waals surface area contributed by atoms with E-state index < -0.39 is 0 Å². The van der Waals surface area contributed by atoms with Crippen LogP contribution >= 0.6 is 11.6 Å². The Morgan fingerprint density at radius 2 is 2.04 bits per heavy atom. The van der Waals surface area contributed by atoms with Gasteiger partial charge in [0.05, 0.1) is 23.8 Å². The normalized spacial score (nSPS) is 13.5. The number of rotatable bonds is 3. The molecule has 1 amide bonds. The van der Waals surface area contributed by atoms with Gasteiger partial charge in [-0.2, -0.15) is 0 Å². The molecule has 0 radical (unpaired) electrons. The molecule has 0 fully saturated rings. The summed E-state index contributed by atoms with van der Waals surface area (Å²) in [7, 11) is 1.93. The van der Waals surface area contributed by atoms with Crippen LogP contribution in [0.1, 0.15) is 22.3 Å². The standard InChI is InChI=1S/C20H19ClN2O3/c1-23-12-15(14-5-2-3-6-17(14)23)20(24)22-11-13-9-16(21)19-18(10-13)25-7-4-8-26-19/h2-3,5-6,9-10,12H,4,7-8,11H2,1H3,(H,22,24). The van der Waals surface area contributed by atoms with Crippen LogP contribution in [-0.4, -0.2) is 23.7 Å². The van der Waals surface area contributed by atoms with Crippen molar-refractivity contribution in [2.45, 2.75) is 13.0 Å². The van der Waals surface area contributed by atoms with Crippen molar-refractivity contribution >= 4 is 28.4 Å². The average molecular weight is 371 g/mol. The molecule has 2 aromatic carbocycles. The number of carbonyl (C=O) groups is 1. The van der Waals surface area contributed by atoms with Gasteiger partial charge in [-0.05, 0) is 23.8 Å².